The Morgan fingerprint density at radius 2 is 1.65 bits per heavy atom. The molecule has 0 radical (unpaired) electrons. The van der Waals surface area contributed by atoms with Crippen LogP contribution in [0.1, 0.15) is 78.3 Å². The number of sulfone groups is 1. The predicted octanol–water partition coefficient (Wildman–Crippen LogP) is 10.2. The summed E-state index contributed by atoms with van der Waals surface area (Å²) in [6.45, 7) is 9.03. The number of anilines is 1. The smallest absolute Gasteiger partial charge is 0.213 e. The molecule has 0 spiro atoms. The van der Waals surface area contributed by atoms with E-state index in [4.69, 9.17) is 10.1 Å². The molecular weight excluding hydrogens is 658 g/mol. The van der Waals surface area contributed by atoms with E-state index in [2.05, 4.69) is 23.2 Å². The highest BCUT2D eigenvalue weighted by molar-refractivity contribution is 7.91. The van der Waals surface area contributed by atoms with Crippen LogP contribution < -0.4 is 4.90 Å². The number of thiazole rings is 1. The van der Waals surface area contributed by atoms with Crippen LogP contribution in [-0.4, -0.2) is 36.3 Å². The minimum atomic E-state index is -4.15. The molecule has 5 aromatic rings. The maximum absolute atomic E-state index is 15.7. The van der Waals surface area contributed by atoms with Crippen molar-refractivity contribution in [1.82, 2.24) is 14.8 Å². The number of azo groups is 1. The lowest BCUT2D eigenvalue weighted by molar-refractivity contribution is 0.542. The van der Waals surface area contributed by atoms with E-state index < -0.39 is 21.1 Å². The SMILES string of the molecule is CCCCCCCCN(CCC#N)c1ccc(N=Nc2c(S(=O)(=O)c3ccccc3)c(C(C)(C)C)nn2-c2nc3ccccc3s2)c(F)c1. The van der Waals surface area contributed by atoms with Gasteiger partial charge >= 0.3 is 0 Å². The van der Waals surface area contributed by atoms with Gasteiger partial charge in [0.1, 0.15) is 10.6 Å². The standard InChI is InChI=1S/C37H42FN7O2S2/c1-5-6-7-8-9-15-24-44(25-16-23-39)27-21-22-30(29(38)26-27)41-42-35-33(49(46,47)28-17-11-10-12-18-28)34(37(2,3)4)43-45(35)36-40-31-19-13-14-20-32(31)48-36/h10-14,17-22,26H,5-9,15-16,24-25H2,1-4H3. The average molecular weight is 700 g/mol. The van der Waals surface area contributed by atoms with Crippen LogP contribution in [0.2, 0.25) is 0 Å². The molecule has 9 nitrogen and oxygen atoms in total. The molecule has 5 rings (SSSR count). The molecule has 256 valence electrons. The number of hydrogen-bond donors (Lipinski definition) is 0. The van der Waals surface area contributed by atoms with Gasteiger partial charge in [-0.3, -0.25) is 0 Å². The molecule has 0 bridgehead atoms. The first kappa shape index (κ1) is 35.8. The molecule has 0 aliphatic rings. The van der Waals surface area contributed by atoms with E-state index in [1.54, 1.807) is 24.3 Å². The summed E-state index contributed by atoms with van der Waals surface area (Å²) in [5.41, 5.74) is 0.916. The molecule has 2 aromatic heterocycles. The van der Waals surface area contributed by atoms with Gasteiger partial charge in [-0.25, -0.2) is 17.8 Å². The van der Waals surface area contributed by atoms with Crippen LogP contribution in [0, 0.1) is 17.1 Å². The summed E-state index contributed by atoms with van der Waals surface area (Å²) in [5, 5.41) is 23.1. The Kier molecular flexibility index (Phi) is 11.6. The lowest BCUT2D eigenvalue weighted by Gasteiger charge is -2.24. The highest BCUT2D eigenvalue weighted by Gasteiger charge is 2.37. The summed E-state index contributed by atoms with van der Waals surface area (Å²) in [7, 11) is -4.15. The van der Waals surface area contributed by atoms with E-state index in [1.165, 1.54) is 59.5 Å². The number of halogens is 1. The first-order valence-electron chi connectivity index (χ1n) is 16.7. The van der Waals surface area contributed by atoms with Crippen molar-refractivity contribution in [2.24, 2.45) is 10.2 Å². The molecule has 0 unspecified atom stereocenters. The van der Waals surface area contributed by atoms with Crippen LogP contribution in [0.3, 0.4) is 0 Å². The number of nitrogens with zero attached hydrogens (tertiary/aromatic N) is 7. The van der Waals surface area contributed by atoms with Gasteiger partial charge in [-0.05, 0) is 48.9 Å². The van der Waals surface area contributed by atoms with Gasteiger partial charge in [-0.15, -0.1) is 10.2 Å². The highest BCUT2D eigenvalue weighted by Crippen LogP contribution is 2.41. The van der Waals surface area contributed by atoms with Crippen molar-refractivity contribution in [3.8, 4) is 11.2 Å². The van der Waals surface area contributed by atoms with Crippen molar-refractivity contribution in [3.63, 3.8) is 0 Å². The minimum absolute atomic E-state index is 0.0547. The summed E-state index contributed by atoms with van der Waals surface area (Å²) in [6, 6.07) is 22.6. The Balaban J connectivity index is 1.57. The number of aromatic nitrogens is 3. The van der Waals surface area contributed by atoms with Crippen LogP contribution in [0.4, 0.5) is 21.6 Å². The molecule has 12 heteroatoms. The second-order valence-corrected chi connectivity index (χ2v) is 15.8. The summed E-state index contributed by atoms with van der Waals surface area (Å²) in [5.74, 6) is -0.671. The number of benzene rings is 3. The van der Waals surface area contributed by atoms with Crippen molar-refractivity contribution in [2.75, 3.05) is 18.0 Å². The maximum atomic E-state index is 15.7. The highest BCUT2D eigenvalue weighted by atomic mass is 32.2. The van der Waals surface area contributed by atoms with E-state index in [1.807, 2.05) is 49.9 Å². The summed E-state index contributed by atoms with van der Waals surface area (Å²) < 4.78 is 46.6. The summed E-state index contributed by atoms with van der Waals surface area (Å²) in [6.07, 6.45) is 7.10. The fourth-order valence-electron chi connectivity index (χ4n) is 5.53. The van der Waals surface area contributed by atoms with Gasteiger partial charge in [0.2, 0.25) is 15.0 Å². The largest absolute Gasteiger partial charge is 0.370 e. The van der Waals surface area contributed by atoms with Crippen molar-refractivity contribution in [2.45, 2.75) is 87.8 Å². The van der Waals surface area contributed by atoms with Gasteiger partial charge in [0.15, 0.2) is 11.6 Å². The van der Waals surface area contributed by atoms with Crippen molar-refractivity contribution in [3.05, 3.63) is 84.3 Å². The van der Waals surface area contributed by atoms with E-state index >= 15 is 4.39 Å². The molecule has 0 saturated heterocycles. The topological polar surface area (TPSA) is 117 Å². The molecule has 2 heterocycles. The number of nitriles is 1. The quantitative estimate of drug-likeness (QED) is 0.0793. The fourth-order valence-corrected chi connectivity index (χ4v) is 8.17. The normalized spacial score (nSPS) is 12.2. The molecule has 49 heavy (non-hydrogen) atoms. The van der Waals surface area contributed by atoms with E-state index in [0.717, 1.165) is 29.5 Å². The molecule has 0 saturated carbocycles. The van der Waals surface area contributed by atoms with Gasteiger partial charge in [-0.2, -0.15) is 15.0 Å². The van der Waals surface area contributed by atoms with Crippen molar-refractivity contribution in [1.29, 1.82) is 5.26 Å². The summed E-state index contributed by atoms with van der Waals surface area (Å²) in [4.78, 5) is 6.73. The van der Waals surface area contributed by atoms with Gasteiger partial charge in [0, 0.05) is 24.2 Å². The molecule has 0 N–H and O–H groups in total. The average Bonchev–Trinajstić information content (AvgIpc) is 3.70. The zero-order valence-electron chi connectivity index (χ0n) is 28.4. The number of fused-ring (bicyclic) bond motifs is 1. The molecule has 0 amide bonds. The van der Waals surface area contributed by atoms with Crippen molar-refractivity contribution < 1.29 is 12.8 Å². The Morgan fingerprint density at radius 1 is 0.939 bits per heavy atom. The molecule has 0 aliphatic heterocycles. The van der Waals surface area contributed by atoms with Crippen molar-refractivity contribution >= 4 is 48.6 Å². The van der Waals surface area contributed by atoms with Crippen LogP contribution in [0.25, 0.3) is 15.3 Å². The minimum Gasteiger partial charge on any atom is -0.370 e. The second kappa shape index (κ2) is 15.8. The zero-order chi connectivity index (χ0) is 35.0. The van der Waals surface area contributed by atoms with Gasteiger partial charge in [0.25, 0.3) is 0 Å². The number of para-hydroxylation sites is 1. The van der Waals surface area contributed by atoms with Gasteiger partial charge in [-0.1, -0.05) is 101 Å². The lowest BCUT2D eigenvalue weighted by atomic mass is 9.92. The molecule has 0 atom stereocenters. The monoisotopic (exact) mass is 699 g/mol. The lowest BCUT2D eigenvalue weighted by Crippen LogP contribution is -2.25. The molecule has 0 aliphatic carbocycles. The Morgan fingerprint density at radius 3 is 2.35 bits per heavy atom. The van der Waals surface area contributed by atoms with Crippen LogP contribution in [0.15, 0.2) is 92.8 Å². The first-order valence-corrected chi connectivity index (χ1v) is 19.0. The number of hydrogen-bond acceptors (Lipinski definition) is 9. The molecule has 3 aromatic carbocycles. The van der Waals surface area contributed by atoms with Gasteiger partial charge < -0.3 is 4.90 Å². The predicted molar refractivity (Wildman–Crippen MR) is 194 cm³/mol. The Labute approximate surface area is 292 Å². The number of unbranched alkanes of at least 4 members (excludes halogenated alkanes) is 5. The van der Waals surface area contributed by atoms with Crippen LogP contribution in [0.5, 0.6) is 0 Å². The zero-order valence-corrected chi connectivity index (χ0v) is 30.1. The maximum Gasteiger partial charge on any atom is 0.213 e. The van der Waals surface area contributed by atoms with E-state index in [-0.39, 0.29) is 21.3 Å². The first-order chi connectivity index (χ1) is 23.5. The number of rotatable bonds is 15. The molecular formula is C37H42FN7O2S2. The third-order valence-electron chi connectivity index (χ3n) is 8.14. The van der Waals surface area contributed by atoms with E-state index in [0.29, 0.717) is 36.0 Å². The third-order valence-corrected chi connectivity index (χ3v) is 11.0. The Hall–Kier alpha value is -4.47. The molecule has 0 fully saturated rings. The van der Waals surface area contributed by atoms with Crippen LogP contribution in [-0.2, 0) is 15.3 Å². The van der Waals surface area contributed by atoms with Gasteiger partial charge in [0.05, 0.1) is 33.3 Å². The summed E-state index contributed by atoms with van der Waals surface area (Å²) >= 11 is 1.34. The second-order valence-electron chi connectivity index (χ2n) is 12.9. The fraction of sp³-hybridized carbons (Fsp3) is 0.378. The Bertz CT molecular complexity index is 2030. The van der Waals surface area contributed by atoms with Crippen LogP contribution >= 0.6 is 11.3 Å². The third kappa shape index (κ3) is 8.40. The van der Waals surface area contributed by atoms with E-state index in [9.17, 15) is 13.7 Å².